The number of benzene rings is 2. The molecule has 180 valence electrons. The van der Waals surface area contributed by atoms with Crippen molar-refractivity contribution in [3.05, 3.63) is 70.6 Å². The fourth-order valence-corrected chi connectivity index (χ4v) is 4.82. The maximum absolute atomic E-state index is 13.1. The van der Waals surface area contributed by atoms with Gasteiger partial charge in [-0.05, 0) is 50.6 Å². The van der Waals surface area contributed by atoms with Crippen molar-refractivity contribution in [2.45, 2.75) is 26.8 Å². The number of ether oxygens (including phenoxy) is 2. The molecule has 1 aliphatic heterocycles. The molecule has 0 radical (unpaired) electrons. The minimum absolute atomic E-state index is 0.163. The summed E-state index contributed by atoms with van der Waals surface area (Å²) in [4.78, 5) is 52.4. The zero-order chi connectivity index (χ0) is 25.1. The lowest BCUT2D eigenvalue weighted by atomic mass is 10.0. The van der Waals surface area contributed by atoms with Crippen LogP contribution in [-0.2, 0) is 9.53 Å². The van der Waals surface area contributed by atoms with Crippen LogP contribution in [0.4, 0.5) is 5.00 Å². The highest BCUT2D eigenvalue weighted by molar-refractivity contribution is 7.15. The molecule has 1 N–H and O–H groups in total. The van der Waals surface area contributed by atoms with E-state index in [1.807, 2.05) is 19.1 Å². The molecule has 1 aromatic heterocycles. The van der Waals surface area contributed by atoms with Gasteiger partial charge in [0, 0.05) is 10.9 Å². The molecule has 1 atom stereocenters. The van der Waals surface area contributed by atoms with Crippen LogP contribution in [0, 0.1) is 0 Å². The summed E-state index contributed by atoms with van der Waals surface area (Å²) in [5.41, 5.74) is 2.09. The van der Waals surface area contributed by atoms with Gasteiger partial charge >= 0.3 is 5.97 Å². The van der Waals surface area contributed by atoms with Gasteiger partial charge in [-0.1, -0.05) is 24.3 Å². The molecule has 0 spiro atoms. The van der Waals surface area contributed by atoms with Crippen molar-refractivity contribution in [1.29, 1.82) is 0 Å². The van der Waals surface area contributed by atoms with Crippen LogP contribution in [0.2, 0.25) is 0 Å². The number of anilines is 1. The molecule has 2 aromatic carbocycles. The van der Waals surface area contributed by atoms with Crippen LogP contribution in [0.3, 0.4) is 0 Å². The third kappa shape index (κ3) is 4.54. The van der Waals surface area contributed by atoms with E-state index in [-0.39, 0.29) is 28.3 Å². The fourth-order valence-electron chi connectivity index (χ4n) is 3.86. The Kier molecular flexibility index (Phi) is 6.97. The van der Waals surface area contributed by atoms with E-state index in [2.05, 4.69) is 5.32 Å². The van der Waals surface area contributed by atoms with Crippen molar-refractivity contribution < 1.29 is 28.7 Å². The molecule has 3 aromatic rings. The van der Waals surface area contributed by atoms with Gasteiger partial charge in [0.15, 0.2) is 0 Å². The third-order valence-corrected chi connectivity index (χ3v) is 6.47. The van der Waals surface area contributed by atoms with E-state index in [0.29, 0.717) is 17.9 Å². The van der Waals surface area contributed by atoms with Crippen LogP contribution in [0.1, 0.15) is 51.8 Å². The van der Waals surface area contributed by atoms with E-state index in [0.717, 1.165) is 21.8 Å². The Labute approximate surface area is 206 Å². The van der Waals surface area contributed by atoms with Crippen molar-refractivity contribution in [1.82, 2.24) is 4.90 Å². The van der Waals surface area contributed by atoms with Gasteiger partial charge in [0.05, 0.1) is 24.3 Å². The molecule has 0 bridgehead atoms. The molecular weight excluding hydrogens is 468 g/mol. The topological polar surface area (TPSA) is 102 Å². The first-order valence-corrected chi connectivity index (χ1v) is 12.0. The molecule has 8 nitrogen and oxygen atoms in total. The van der Waals surface area contributed by atoms with E-state index in [9.17, 15) is 19.2 Å². The summed E-state index contributed by atoms with van der Waals surface area (Å²) in [6.07, 6.45) is 0. The summed E-state index contributed by atoms with van der Waals surface area (Å²) in [5, 5.41) is 4.76. The Bertz CT molecular complexity index is 1260. The van der Waals surface area contributed by atoms with E-state index >= 15 is 0 Å². The second-order valence-corrected chi connectivity index (χ2v) is 8.60. The second-order valence-electron chi connectivity index (χ2n) is 7.72. The minimum atomic E-state index is -1.09. The molecule has 0 saturated carbocycles. The van der Waals surface area contributed by atoms with E-state index in [1.54, 1.807) is 48.7 Å². The molecule has 3 amide bonds. The Morgan fingerprint density at radius 1 is 0.943 bits per heavy atom. The largest absolute Gasteiger partial charge is 0.494 e. The number of carbonyl (C=O) groups excluding carboxylic acids is 4. The normalized spacial score (nSPS) is 13.4. The molecule has 1 unspecified atom stereocenters. The van der Waals surface area contributed by atoms with Gasteiger partial charge in [-0.3, -0.25) is 19.3 Å². The number of esters is 1. The first kappa shape index (κ1) is 24.2. The van der Waals surface area contributed by atoms with Gasteiger partial charge in [-0.2, -0.15) is 0 Å². The average molecular weight is 493 g/mol. The summed E-state index contributed by atoms with van der Waals surface area (Å²) >= 11 is 1.16. The molecule has 2 heterocycles. The number of nitrogens with zero attached hydrogens (tertiary/aromatic N) is 1. The fraction of sp³-hybridized carbons (Fsp3) is 0.231. The van der Waals surface area contributed by atoms with Crippen molar-refractivity contribution in [3.63, 3.8) is 0 Å². The number of nitrogens with one attached hydrogen (secondary N) is 1. The zero-order valence-corrected chi connectivity index (χ0v) is 20.3. The molecule has 4 rings (SSSR count). The van der Waals surface area contributed by atoms with Crippen LogP contribution in [0.5, 0.6) is 5.75 Å². The summed E-state index contributed by atoms with van der Waals surface area (Å²) in [5.74, 6) is -1.53. The number of thiophene rings is 1. The average Bonchev–Trinajstić information content (AvgIpc) is 3.38. The van der Waals surface area contributed by atoms with Crippen molar-refractivity contribution >= 4 is 40.0 Å². The van der Waals surface area contributed by atoms with Crippen LogP contribution in [-0.4, -0.2) is 47.8 Å². The minimum Gasteiger partial charge on any atom is -0.494 e. The number of fused-ring (bicyclic) bond motifs is 1. The number of rotatable bonds is 8. The Hall–Kier alpha value is -3.98. The zero-order valence-electron chi connectivity index (χ0n) is 19.5. The maximum Gasteiger partial charge on any atom is 0.341 e. The lowest BCUT2D eigenvalue weighted by Crippen LogP contribution is -2.45. The van der Waals surface area contributed by atoms with Crippen LogP contribution in [0.15, 0.2) is 53.9 Å². The van der Waals surface area contributed by atoms with Gasteiger partial charge < -0.3 is 14.8 Å². The Morgan fingerprint density at radius 2 is 1.57 bits per heavy atom. The molecule has 0 fully saturated rings. The predicted octanol–water partition coefficient (Wildman–Crippen LogP) is 4.61. The standard InChI is InChI=1S/C26H24N2O6S/c1-4-33-17-12-10-16(11-13-17)20-14-35-23(21(20)26(32)34-5-2)27-22(29)15(3)28-24(30)18-8-6-7-9-19(18)25(28)31/h6-15H,4-5H2,1-3H3,(H,27,29). The van der Waals surface area contributed by atoms with Gasteiger partial charge in [0.1, 0.15) is 22.4 Å². The van der Waals surface area contributed by atoms with Crippen LogP contribution < -0.4 is 10.1 Å². The Balaban J connectivity index is 1.61. The second kappa shape index (κ2) is 10.1. The molecule has 9 heteroatoms. The lowest BCUT2D eigenvalue weighted by molar-refractivity contribution is -0.119. The van der Waals surface area contributed by atoms with Gasteiger partial charge in [0.2, 0.25) is 5.91 Å². The molecule has 0 aliphatic carbocycles. The van der Waals surface area contributed by atoms with Gasteiger partial charge in [-0.25, -0.2) is 4.79 Å². The van der Waals surface area contributed by atoms with Crippen molar-refractivity contribution in [3.8, 4) is 16.9 Å². The maximum atomic E-state index is 13.1. The number of hydrogen-bond donors (Lipinski definition) is 1. The molecule has 1 aliphatic rings. The van der Waals surface area contributed by atoms with E-state index in [1.165, 1.54) is 6.92 Å². The van der Waals surface area contributed by atoms with E-state index in [4.69, 9.17) is 9.47 Å². The molecule has 35 heavy (non-hydrogen) atoms. The van der Waals surface area contributed by atoms with Gasteiger partial charge in [0.25, 0.3) is 11.8 Å². The number of amides is 3. The summed E-state index contributed by atoms with van der Waals surface area (Å²) in [6, 6.07) is 12.6. The quantitative estimate of drug-likeness (QED) is 0.364. The summed E-state index contributed by atoms with van der Waals surface area (Å²) in [6.45, 7) is 5.76. The van der Waals surface area contributed by atoms with E-state index < -0.39 is 29.7 Å². The highest BCUT2D eigenvalue weighted by Gasteiger charge is 2.41. The summed E-state index contributed by atoms with van der Waals surface area (Å²) < 4.78 is 10.7. The number of hydrogen-bond acceptors (Lipinski definition) is 7. The number of imide groups is 1. The highest BCUT2D eigenvalue weighted by Crippen LogP contribution is 2.37. The highest BCUT2D eigenvalue weighted by atomic mass is 32.1. The third-order valence-electron chi connectivity index (χ3n) is 5.58. The predicted molar refractivity (Wildman–Crippen MR) is 132 cm³/mol. The first-order chi connectivity index (χ1) is 16.9. The SMILES string of the molecule is CCOC(=O)c1c(-c2ccc(OCC)cc2)csc1NC(=O)C(C)N1C(=O)c2ccccc2C1=O. The lowest BCUT2D eigenvalue weighted by Gasteiger charge is -2.21. The first-order valence-electron chi connectivity index (χ1n) is 11.2. The van der Waals surface area contributed by atoms with Crippen molar-refractivity contribution in [2.75, 3.05) is 18.5 Å². The monoisotopic (exact) mass is 492 g/mol. The van der Waals surface area contributed by atoms with Crippen LogP contribution >= 0.6 is 11.3 Å². The Morgan fingerprint density at radius 3 is 2.14 bits per heavy atom. The number of carbonyl (C=O) groups is 4. The smallest absolute Gasteiger partial charge is 0.341 e. The molecule has 0 saturated heterocycles. The van der Waals surface area contributed by atoms with Gasteiger partial charge in [-0.15, -0.1) is 11.3 Å². The van der Waals surface area contributed by atoms with Crippen LogP contribution in [0.25, 0.3) is 11.1 Å². The summed E-state index contributed by atoms with van der Waals surface area (Å²) in [7, 11) is 0. The molecular formula is C26H24N2O6S. The van der Waals surface area contributed by atoms with Crippen molar-refractivity contribution in [2.24, 2.45) is 0 Å².